The highest BCUT2D eigenvalue weighted by Crippen LogP contribution is 2.35. The number of rotatable bonds is 2. The van der Waals surface area contributed by atoms with Crippen molar-refractivity contribution in [1.29, 1.82) is 0 Å². The third-order valence-electron chi connectivity index (χ3n) is 3.88. The van der Waals surface area contributed by atoms with Gasteiger partial charge in [-0.1, -0.05) is 12.1 Å². The number of hydrogen-bond donors (Lipinski definition) is 1. The molecule has 1 aliphatic rings. The summed E-state index contributed by atoms with van der Waals surface area (Å²) >= 11 is 1.73. The number of aromatic amines is 1. The van der Waals surface area contributed by atoms with Crippen molar-refractivity contribution in [1.82, 2.24) is 15.0 Å². The third-order valence-corrected chi connectivity index (χ3v) is 4.67. The predicted molar refractivity (Wildman–Crippen MR) is 82.3 cm³/mol. The van der Waals surface area contributed by atoms with Crippen LogP contribution in [0, 0.1) is 6.92 Å². The molecule has 1 saturated heterocycles. The van der Waals surface area contributed by atoms with Crippen LogP contribution in [0.2, 0.25) is 0 Å². The Bertz CT molecular complexity index is 712. The smallest absolute Gasteiger partial charge is 0.204 e. The van der Waals surface area contributed by atoms with Crippen molar-refractivity contribution in [3.63, 3.8) is 0 Å². The van der Waals surface area contributed by atoms with Gasteiger partial charge in [0.15, 0.2) is 0 Å². The van der Waals surface area contributed by atoms with Gasteiger partial charge in [0.05, 0.1) is 27.8 Å². The molecule has 0 aliphatic carbocycles. The quantitative estimate of drug-likeness (QED) is 0.781. The van der Waals surface area contributed by atoms with Crippen LogP contribution in [-0.2, 0) is 0 Å². The number of thiazole rings is 1. The predicted octanol–water partition coefficient (Wildman–Crippen LogP) is 3.67. The maximum Gasteiger partial charge on any atom is 0.204 e. The molecule has 0 spiro atoms. The third kappa shape index (κ3) is 1.89. The van der Waals surface area contributed by atoms with E-state index in [0.29, 0.717) is 6.04 Å². The SMILES string of the molecule is Cc1nc(C2CCCN2c2nc3ccccc3[nH]2)cs1. The normalized spacial score (nSPS) is 19.1. The zero-order valence-electron chi connectivity index (χ0n) is 11.3. The topological polar surface area (TPSA) is 44.8 Å². The molecule has 0 bridgehead atoms. The highest BCUT2D eigenvalue weighted by atomic mass is 32.1. The highest BCUT2D eigenvalue weighted by molar-refractivity contribution is 7.09. The Morgan fingerprint density at radius 1 is 1.30 bits per heavy atom. The van der Waals surface area contributed by atoms with E-state index in [1.165, 1.54) is 12.1 Å². The number of aromatic nitrogens is 3. The van der Waals surface area contributed by atoms with Gasteiger partial charge in [0.25, 0.3) is 0 Å². The molecule has 0 radical (unpaired) electrons. The number of H-pyrrole nitrogens is 1. The number of aryl methyl sites for hydroxylation is 1. The number of nitrogens with one attached hydrogen (secondary N) is 1. The summed E-state index contributed by atoms with van der Waals surface area (Å²) in [7, 11) is 0. The van der Waals surface area contributed by atoms with Crippen molar-refractivity contribution < 1.29 is 0 Å². The van der Waals surface area contributed by atoms with Gasteiger partial charge in [-0.2, -0.15) is 0 Å². The van der Waals surface area contributed by atoms with E-state index in [9.17, 15) is 0 Å². The van der Waals surface area contributed by atoms with Crippen molar-refractivity contribution in [3.8, 4) is 0 Å². The molecule has 4 rings (SSSR count). The molecule has 4 nitrogen and oxygen atoms in total. The van der Waals surface area contributed by atoms with Gasteiger partial charge in [0.2, 0.25) is 5.95 Å². The van der Waals surface area contributed by atoms with E-state index in [4.69, 9.17) is 4.98 Å². The molecule has 102 valence electrons. The molecule has 1 N–H and O–H groups in total. The minimum Gasteiger partial charge on any atom is -0.334 e. The lowest BCUT2D eigenvalue weighted by atomic mass is 10.2. The van der Waals surface area contributed by atoms with Gasteiger partial charge in [0.1, 0.15) is 0 Å². The summed E-state index contributed by atoms with van der Waals surface area (Å²) in [4.78, 5) is 15.2. The summed E-state index contributed by atoms with van der Waals surface area (Å²) in [5, 5.41) is 3.32. The van der Waals surface area contributed by atoms with Crippen LogP contribution in [0.3, 0.4) is 0 Å². The van der Waals surface area contributed by atoms with Gasteiger partial charge in [-0.05, 0) is 31.9 Å². The fourth-order valence-corrected chi connectivity index (χ4v) is 3.60. The Kier molecular flexibility index (Phi) is 2.73. The van der Waals surface area contributed by atoms with Crippen molar-refractivity contribution in [2.24, 2.45) is 0 Å². The van der Waals surface area contributed by atoms with Crippen LogP contribution < -0.4 is 4.90 Å². The maximum atomic E-state index is 4.72. The fraction of sp³-hybridized carbons (Fsp3) is 0.333. The van der Waals surface area contributed by atoms with Gasteiger partial charge < -0.3 is 9.88 Å². The molecule has 1 unspecified atom stereocenters. The zero-order valence-corrected chi connectivity index (χ0v) is 12.2. The number of fused-ring (bicyclic) bond motifs is 1. The van der Waals surface area contributed by atoms with Crippen LogP contribution >= 0.6 is 11.3 Å². The number of nitrogens with zero attached hydrogens (tertiary/aromatic N) is 3. The van der Waals surface area contributed by atoms with Crippen molar-refractivity contribution in [2.45, 2.75) is 25.8 Å². The summed E-state index contributed by atoms with van der Waals surface area (Å²) in [5.41, 5.74) is 3.32. The molecule has 3 heterocycles. The number of imidazole rings is 1. The van der Waals surface area contributed by atoms with Crippen LogP contribution in [0.1, 0.15) is 29.6 Å². The molecule has 1 fully saturated rings. The van der Waals surface area contributed by atoms with E-state index in [1.807, 2.05) is 18.2 Å². The first-order valence-corrected chi connectivity index (χ1v) is 7.82. The Balaban J connectivity index is 1.72. The number of para-hydroxylation sites is 2. The number of anilines is 1. The first-order valence-electron chi connectivity index (χ1n) is 6.95. The molecular formula is C15H16N4S. The lowest BCUT2D eigenvalue weighted by Crippen LogP contribution is -2.23. The van der Waals surface area contributed by atoms with Gasteiger partial charge in [0, 0.05) is 11.9 Å². The zero-order chi connectivity index (χ0) is 13.5. The second-order valence-corrected chi connectivity index (χ2v) is 6.28. The monoisotopic (exact) mass is 284 g/mol. The first kappa shape index (κ1) is 11.9. The van der Waals surface area contributed by atoms with Crippen LogP contribution in [0.25, 0.3) is 11.0 Å². The molecule has 5 heteroatoms. The molecule has 3 aromatic rings. The number of hydrogen-bond acceptors (Lipinski definition) is 4. The Morgan fingerprint density at radius 2 is 2.20 bits per heavy atom. The molecule has 0 saturated carbocycles. The lowest BCUT2D eigenvalue weighted by molar-refractivity contribution is 0.687. The van der Waals surface area contributed by atoms with E-state index in [-0.39, 0.29) is 0 Å². The maximum absolute atomic E-state index is 4.72. The molecule has 20 heavy (non-hydrogen) atoms. The van der Waals surface area contributed by atoms with Crippen LogP contribution in [0.4, 0.5) is 5.95 Å². The minimum absolute atomic E-state index is 0.362. The van der Waals surface area contributed by atoms with E-state index < -0.39 is 0 Å². The van der Waals surface area contributed by atoms with E-state index >= 15 is 0 Å². The standard InChI is InChI=1S/C15H16N4S/c1-10-16-13(9-20-10)14-7-4-8-19(14)15-17-11-5-2-3-6-12(11)18-15/h2-3,5-6,9,14H,4,7-8H2,1H3,(H,17,18). The van der Waals surface area contributed by atoms with Crippen LogP contribution in [0.15, 0.2) is 29.6 Å². The molecule has 1 atom stereocenters. The van der Waals surface area contributed by atoms with E-state index in [1.54, 1.807) is 11.3 Å². The second-order valence-electron chi connectivity index (χ2n) is 5.22. The largest absolute Gasteiger partial charge is 0.334 e. The first-order chi connectivity index (χ1) is 9.81. The number of benzene rings is 1. The minimum atomic E-state index is 0.362. The summed E-state index contributed by atoms with van der Waals surface area (Å²) in [6, 6.07) is 8.55. The van der Waals surface area contributed by atoms with Crippen LogP contribution in [0.5, 0.6) is 0 Å². The van der Waals surface area contributed by atoms with Crippen molar-refractivity contribution in [3.05, 3.63) is 40.3 Å². The summed E-state index contributed by atoms with van der Waals surface area (Å²) < 4.78 is 0. The Labute approximate surface area is 121 Å². The van der Waals surface area contributed by atoms with Gasteiger partial charge in [-0.15, -0.1) is 11.3 Å². The summed E-state index contributed by atoms with van der Waals surface area (Å²) in [6.45, 7) is 3.11. The average Bonchev–Trinajstić information content (AvgIpc) is 3.15. The van der Waals surface area contributed by atoms with E-state index in [2.05, 4.69) is 33.2 Å². The molecule has 2 aromatic heterocycles. The lowest BCUT2D eigenvalue weighted by Gasteiger charge is -2.22. The Hall–Kier alpha value is -1.88. The molecule has 1 aliphatic heterocycles. The fourth-order valence-electron chi connectivity index (χ4n) is 2.94. The van der Waals surface area contributed by atoms with Gasteiger partial charge in [-0.3, -0.25) is 0 Å². The van der Waals surface area contributed by atoms with Crippen molar-refractivity contribution in [2.75, 3.05) is 11.4 Å². The molecule has 1 aromatic carbocycles. The van der Waals surface area contributed by atoms with Gasteiger partial charge >= 0.3 is 0 Å². The average molecular weight is 284 g/mol. The summed E-state index contributed by atoms with van der Waals surface area (Å²) in [6.07, 6.45) is 2.35. The summed E-state index contributed by atoms with van der Waals surface area (Å²) in [5.74, 6) is 0.972. The van der Waals surface area contributed by atoms with Gasteiger partial charge in [-0.25, -0.2) is 9.97 Å². The second kappa shape index (κ2) is 4.59. The van der Waals surface area contributed by atoms with Crippen molar-refractivity contribution >= 4 is 28.3 Å². The molecular weight excluding hydrogens is 268 g/mol. The highest BCUT2D eigenvalue weighted by Gasteiger charge is 2.29. The Morgan fingerprint density at radius 3 is 3.00 bits per heavy atom. The van der Waals surface area contributed by atoms with E-state index in [0.717, 1.165) is 35.0 Å². The van der Waals surface area contributed by atoms with Crippen LogP contribution in [-0.4, -0.2) is 21.5 Å². The molecule has 0 amide bonds.